The highest BCUT2D eigenvalue weighted by molar-refractivity contribution is 9.10. The van der Waals surface area contributed by atoms with Gasteiger partial charge in [-0.05, 0) is 30.7 Å². The fraction of sp³-hybridized carbons (Fsp3) is 0.286. The number of rotatable bonds is 5. The number of halogens is 1. The van der Waals surface area contributed by atoms with E-state index in [1.807, 2.05) is 18.2 Å². The van der Waals surface area contributed by atoms with Gasteiger partial charge in [0.15, 0.2) is 0 Å². The maximum atomic E-state index is 11.6. The largest absolute Gasteiger partial charge is 0.497 e. The summed E-state index contributed by atoms with van der Waals surface area (Å²) in [6.45, 7) is 5.62. The molecule has 1 aromatic carbocycles. The number of methoxy groups -OCH3 is 1. The van der Waals surface area contributed by atoms with Gasteiger partial charge in [-0.3, -0.25) is 0 Å². The second-order valence-electron chi connectivity index (χ2n) is 3.51. The molecule has 3 nitrogen and oxygen atoms in total. The lowest BCUT2D eigenvalue weighted by Gasteiger charge is -2.08. The predicted molar refractivity (Wildman–Crippen MR) is 73.7 cm³/mol. The SMILES string of the molecule is C=C=C(Cc1cc(OC)ccc1Br)C(=O)OCC. The smallest absolute Gasteiger partial charge is 0.342 e. The highest BCUT2D eigenvalue weighted by atomic mass is 79.9. The van der Waals surface area contributed by atoms with Crippen LogP contribution in [-0.2, 0) is 16.0 Å². The van der Waals surface area contributed by atoms with Crippen molar-refractivity contribution in [3.05, 3.63) is 46.1 Å². The summed E-state index contributed by atoms with van der Waals surface area (Å²) in [5.41, 5.74) is 3.96. The van der Waals surface area contributed by atoms with Crippen molar-refractivity contribution >= 4 is 21.9 Å². The maximum Gasteiger partial charge on any atom is 0.342 e. The molecular weight excluding hydrogens is 296 g/mol. The molecular formula is C14H15BrO3. The van der Waals surface area contributed by atoms with Gasteiger partial charge in [-0.2, -0.15) is 0 Å². The highest BCUT2D eigenvalue weighted by Gasteiger charge is 2.13. The maximum absolute atomic E-state index is 11.6. The van der Waals surface area contributed by atoms with Crippen LogP contribution in [0.4, 0.5) is 0 Å². The molecule has 0 bridgehead atoms. The lowest BCUT2D eigenvalue weighted by atomic mass is 10.1. The van der Waals surface area contributed by atoms with Gasteiger partial charge < -0.3 is 9.47 Å². The molecule has 96 valence electrons. The molecule has 0 aromatic heterocycles. The molecule has 0 atom stereocenters. The molecule has 0 saturated carbocycles. The Hall–Kier alpha value is -1.51. The van der Waals surface area contributed by atoms with Crippen LogP contribution < -0.4 is 4.74 Å². The predicted octanol–water partition coefficient (Wildman–Crippen LogP) is 3.27. The lowest BCUT2D eigenvalue weighted by Crippen LogP contribution is -2.09. The zero-order valence-corrected chi connectivity index (χ0v) is 12.0. The van der Waals surface area contributed by atoms with Crippen LogP contribution in [0.2, 0.25) is 0 Å². The van der Waals surface area contributed by atoms with E-state index in [0.29, 0.717) is 18.6 Å². The summed E-state index contributed by atoms with van der Waals surface area (Å²) in [5, 5.41) is 0. The molecule has 0 heterocycles. The molecule has 4 heteroatoms. The first-order chi connectivity index (χ1) is 8.62. The van der Waals surface area contributed by atoms with E-state index < -0.39 is 0 Å². The minimum absolute atomic E-state index is 0.337. The van der Waals surface area contributed by atoms with E-state index in [1.165, 1.54) is 0 Å². The zero-order chi connectivity index (χ0) is 13.5. The Morgan fingerprint density at radius 2 is 2.22 bits per heavy atom. The van der Waals surface area contributed by atoms with E-state index in [0.717, 1.165) is 15.8 Å². The summed E-state index contributed by atoms with van der Waals surface area (Å²) < 4.78 is 11.0. The summed E-state index contributed by atoms with van der Waals surface area (Å²) in [7, 11) is 1.60. The van der Waals surface area contributed by atoms with Gasteiger partial charge >= 0.3 is 5.97 Å². The molecule has 0 N–H and O–H groups in total. The van der Waals surface area contributed by atoms with Crippen molar-refractivity contribution in [2.75, 3.05) is 13.7 Å². The number of benzene rings is 1. The van der Waals surface area contributed by atoms with E-state index in [9.17, 15) is 4.79 Å². The van der Waals surface area contributed by atoms with Gasteiger partial charge in [0.25, 0.3) is 0 Å². The van der Waals surface area contributed by atoms with Gasteiger partial charge in [0.05, 0.1) is 19.3 Å². The Morgan fingerprint density at radius 3 is 2.78 bits per heavy atom. The number of hydrogen-bond acceptors (Lipinski definition) is 3. The van der Waals surface area contributed by atoms with Crippen molar-refractivity contribution in [1.82, 2.24) is 0 Å². The molecule has 0 unspecified atom stereocenters. The fourth-order valence-corrected chi connectivity index (χ4v) is 1.82. The fourth-order valence-electron chi connectivity index (χ4n) is 1.43. The van der Waals surface area contributed by atoms with E-state index in [-0.39, 0.29) is 5.97 Å². The van der Waals surface area contributed by atoms with Gasteiger partial charge in [0.2, 0.25) is 0 Å². The Morgan fingerprint density at radius 1 is 1.50 bits per heavy atom. The Balaban J connectivity index is 2.95. The molecule has 1 rings (SSSR count). The first kappa shape index (κ1) is 14.6. The van der Waals surface area contributed by atoms with Crippen LogP contribution in [0.15, 0.2) is 40.6 Å². The van der Waals surface area contributed by atoms with E-state index in [4.69, 9.17) is 9.47 Å². The average molecular weight is 311 g/mol. The first-order valence-electron chi connectivity index (χ1n) is 5.50. The van der Waals surface area contributed by atoms with Crippen LogP contribution in [0.5, 0.6) is 5.75 Å². The molecule has 18 heavy (non-hydrogen) atoms. The van der Waals surface area contributed by atoms with Gasteiger partial charge in [-0.25, -0.2) is 4.79 Å². The van der Waals surface area contributed by atoms with Crippen molar-refractivity contribution in [3.8, 4) is 5.75 Å². The van der Waals surface area contributed by atoms with Gasteiger partial charge in [-0.1, -0.05) is 22.5 Å². The second-order valence-corrected chi connectivity index (χ2v) is 4.36. The second kappa shape index (κ2) is 7.04. The number of ether oxygens (including phenoxy) is 2. The third kappa shape index (κ3) is 3.76. The van der Waals surface area contributed by atoms with E-state index in [2.05, 4.69) is 28.2 Å². The third-order valence-electron chi connectivity index (χ3n) is 2.36. The summed E-state index contributed by atoms with van der Waals surface area (Å²) in [6, 6.07) is 5.58. The van der Waals surface area contributed by atoms with Crippen LogP contribution in [0.1, 0.15) is 12.5 Å². The Labute approximate surface area is 115 Å². The van der Waals surface area contributed by atoms with Crippen LogP contribution >= 0.6 is 15.9 Å². The number of esters is 1. The van der Waals surface area contributed by atoms with Crippen LogP contribution in [-0.4, -0.2) is 19.7 Å². The molecule has 0 spiro atoms. The molecule has 0 aliphatic rings. The van der Waals surface area contributed by atoms with E-state index in [1.54, 1.807) is 14.0 Å². The minimum atomic E-state index is -0.387. The van der Waals surface area contributed by atoms with Crippen LogP contribution in [0, 0.1) is 0 Å². The molecule has 0 aliphatic heterocycles. The number of carbonyl (C=O) groups excluding carboxylic acids is 1. The van der Waals surface area contributed by atoms with Gasteiger partial charge in [-0.15, -0.1) is 5.73 Å². The van der Waals surface area contributed by atoms with Crippen LogP contribution in [0.3, 0.4) is 0 Å². The molecule has 0 amide bonds. The standard InChI is InChI=1S/C14H15BrO3/c1-4-10(14(16)18-5-2)8-11-9-12(17-3)6-7-13(11)15/h6-7,9H,1,5,8H2,2-3H3. The van der Waals surface area contributed by atoms with Crippen molar-refractivity contribution in [2.24, 2.45) is 0 Å². The number of carbonyl (C=O) groups is 1. The average Bonchev–Trinajstić information content (AvgIpc) is 2.38. The monoisotopic (exact) mass is 310 g/mol. The molecule has 0 radical (unpaired) electrons. The highest BCUT2D eigenvalue weighted by Crippen LogP contribution is 2.24. The van der Waals surface area contributed by atoms with Gasteiger partial charge in [0, 0.05) is 10.9 Å². The van der Waals surface area contributed by atoms with E-state index >= 15 is 0 Å². The van der Waals surface area contributed by atoms with Gasteiger partial charge in [0.1, 0.15) is 5.75 Å². The minimum Gasteiger partial charge on any atom is -0.497 e. The Bertz CT molecular complexity index is 488. The van der Waals surface area contributed by atoms with Crippen molar-refractivity contribution < 1.29 is 14.3 Å². The summed E-state index contributed by atoms with van der Waals surface area (Å²) in [6.07, 6.45) is 0.403. The summed E-state index contributed by atoms with van der Waals surface area (Å²) in [4.78, 5) is 11.6. The first-order valence-corrected chi connectivity index (χ1v) is 6.30. The molecule has 0 saturated heterocycles. The zero-order valence-electron chi connectivity index (χ0n) is 10.5. The normalized spacial score (nSPS) is 9.50. The molecule has 1 aromatic rings. The topological polar surface area (TPSA) is 35.5 Å². The molecule has 0 aliphatic carbocycles. The summed E-state index contributed by atoms with van der Waals surface area (Å²) >= 11 is 3.44. The van der Waals surface area contributed by atoms with Crippen molar-refractivity contribution in [3.63, 3.8) is 0 Å². The van der Waals surface area contributed by atoms with Crippen LogP contribution in [0.25, 0.3) is 0 Å². The number of hydrogen-bond donors (Lipinski definition) is 0. The van der Waals surface area contributed by atoms with Crippen molar-refractivity contribution in [1.29, 1.82) is 0 Å². The quantitative estimate of drug-likeness (QED) is 0.475. The third-order valence-corrected chi connectivity index (χ3v) is 3.13. The van der Waals surface area contributed by atoms with Crippen molar-refractivity contribution in [2.45, 2.75) is 13.3 Å². The Kier molecular flexibility index (Phi) is 5.69. The molecule has 0 fully saturated rings. The lowest BCUT2D eigenvalue weighted by molar-refractivity contribution is -0.138. The summed E-state index contributed by atoms with van der Waals surface area (Å²) in [5.74, 6) is 0.350.